The average molecular weight is 255 g/mol. The summed E-state index contributed by atoms with van der Waals surface area (Å²) < 4.78 is 10.3. The van der Waals surface area contributed by atoms with E-state index in [1.807, 2.05) is 6.92 Å². The van der Waals surface area contributed by atoms with E-state index in [0.717, 1.165) is 32.2 Å². The van der Waals surface area contributed by atoms with Gasteiger partial charge in [0.1, 0.15) is 6.10 Å². The predicted molar refractivity (Wildman–Crippen MR) is 64.9 cm³/mol. The maximum absolute atomic E-state index is 12.3. The predicted octanol–water partition coefficient (Wildman–Crippen LogP) is 0.965. The molecule has 0 saturated carbocycles. The van der Waals surface area contributed by atoms with E-state index in [9.17, 15) is 9.59 Å². The molecule has 0 aromatic heterocycles. The van der Waals surface area contributed by atoms with Gasteiger partial charge in [0, 0.05) is 13.1 Å². The van der Waals surface area contributed by atoms with E-state index >= 15 is 0 Å². The van der Waals surface area contributed by atoms with Crippen LogP contribution in [0.1, 0.15) is 32.6 Å². The molecule has 0 aromatic carbocycles. The highest BCUT2D eigenvalue weighted by atomic mass is 16.5. The Bertz CT molecular complexity index is 331. The number of hydrogen-bond donors (Lipinski definition) is 0. The van der Waals surface area contributed by atoms with E-state index in [-0.39, 0.29) is 30.0 Å². The van der Waals surface area contributed by atoms with Crippen molar-refractivity contribution in [3.8, 4) is 0 Å². The molecule has 0 radical (unpaired) electrons. The van der Waals surface area contributed by atoms with Gasteiger partial charge >= 0.3 is 5.97 Å². The minimum Gasteiger partial charge on any atom is -0.469 e. The van der Waals surface area contributed by atoms with Crippen molar-refractivity contribution in [2.75, 3.05) is 20.2 Å². The van der Waals surface area contributed by atoms with Gasteiger partial charge in [0.25, 0.3) is 5.91 Å². The molecule has 0 bridgehead atoms. The van der Waals surface area contributed by atoms with Crippen molar-refractivity contribution < 1.29 is 19.1 Å². The Morgan fingerprint density at radius 3 is 2.67 bits per heavy atom. The first-order chi connectivity index (χ1) is 8.61. The lowest BCUT2D eigenvalue weighted by Crippen LogP contribution is -2.46. The third-order valence-electron chi connectivity index (χ3n) is 3.77. The van der Waals surface area contributed by atoms with E-state index in [1.165, 1.54) is 7.11 Å². The highest BCUT2D eigenvalue weighted by molar-refractivity contribution is 5.82. The van der Waals surface area contributed by atoms with Crippen molar-refractivity contribution in [2.45, 2.75) is 44.8 Å². The van der Waals surface area contributed by atoms with Gasteiger partial charge < -0.3 is 14.4 Å². The molecule has 102 valence electrons. The third kappa shape index (κ3) is 2.83. The Hall–Kier alpha value is -1.10. The smallest absolute Gasteiger partial charge is 0.310 e. The standard InChI is InChI=1S/C13H21NO4/c1-9-5-6-11(18-9)12(15)14-7-3-4-10(8-14)13(16)17-2/h9-11H,3-8H2,1-2H3. The average Bonchev–Trinajstić information content (AvgIpc) is 2.83. The molecule has 5 nitrogen and oxygen atoms in total. The van der Waals surface area contributed by atoms with E-state index in [4.69, 9.17) is 9.47 Å². The summed E-state index contributed by atoms with van der Waals surface area (Å²) in [5, 5.41) is 0. The van der Waals surface area contributed by atoms with Crippen molar-refractivity contribution in [3.63, 3.8) is 0 Å². The minimum atomic E-state index is -0.309. The number of piperidine rings is 1. The van der Waals surface area contributed by atoms with Crippen LogP contribution in [0, 0.1) is 5.92 Å². The summed E-state index contributed by atoms with van der Waals surface area (Å²) in [7, 11) is 1.39. The highest BCUT2D eigenvalue weighted by Gasteiger charge is 2.35. The molecule has 18 heavy (non-hydrogen) atoms. The maximum atomic E-state index is 12.3. The van der Waals surface area contributed by atoms with Crippen LogP contribution in [-0.2, 0) is 19.1 Å². The summed E-state index contributed by atoms with van der Waals surface area (Å²) in [6, 6.07) is 0. The highest BCUT2D eigenvalue weighted by Crippen LogP contribution is 2.24. The van der Waals surface area contributed by atoms with E-state index in [1.54, 1.807) is 4.90 Å². The number of hydrogen-bond acceptors (Lipinski definition) is 4. The van der Waals surface area contributed by atoms with Crippen LogP contribution in [0.2, 0.25) is 0 Å². The maximum Gasteiger partial charge on any atom is 0.310 e. The Morgan fingerprint density at radius 2 is 2.06 bits per heavy atom. The van der Waals surface area contributed by atoms with E-state index in [2.05, 4.69) is 0 Å². The Balaban J connectivity index is 1.92. The molecule has 2 rings (SSSR count). The molecule has 1 amide bonds. The van der Waals surface area contributed by atoms with Gasteiger partial charge in [-0.15, -0.1) is 0 Å². The van der Waals surface area contributed by atoms with Crippen LogP contribution in [0.25, 0.3) is 0 Å². The first-order valence-electron chi connectivity index (χ1n) is 6.64. The molecule has 5 heteroatoms. The zero-order valence-corrected chi connectivity index (χ0v) is 11.1. The molecule has 2 aliphatic rings. The molecule has 2 fully saturated rings. The Labute approximate surface area is 107 Å². The van der Waals surface area contributed by atoms with Crippen LogP contribution in [0.5, 0.6) is 0 Å². The number of nitrogens with zero attached hydrogens (tertiary/aromatic N) is 1. The number of methoxy groups -OCH3 is 1. The molecule has 3 unspecified atom stereocenters. The number of likely N-dealkylation sites (tertiary alicyclic amines) is 1. The lowest BCUT2D eigenvalue weighted by molar-refractivity contribution is -0.152. The largest absolute Gasteiger partial charge is 0.469 e. The Kier molecular flexibility index (Phi) is 4.22. The number of rotatable bonds is 2. The van der Waals surface area contributed by atoms with Crippen molar-refractivity contribution >= 4 is 11.9 Å². The second-order valence-electron chi connectivity index (χ2n) is 5.16. The molecule has 0 aliphatic carbocycles. The fourth-order valence-corrected chi connectivity index (χ4v) is 2.72. The molecular formula is C13H21NO4. The fraction of sp³-hybridized carbons (Fsp3) is 0.846. The van der Waals surface area contributed by atoms with Crippen molar-refractivity contribution in [1.29, 1.82) is 0 Å². The summed E-state index contributed by atoms with van der Waals surface area (Å²) in [6.07, 6.45) is 3.24. The molecule has 2 heterocycles. The Morgan fingerprint density at radius 1 is 1.28 bits per heavy atom. The molecule has 0 aromatic rings. The summed E-state index contributed by atoms with van der Waals surface area (Å²) in [4.78, 5) is 25.5. The zero-order chi connectivity index (χ0) is 13.1. The van der Waals surface area contributed by atoms with Crippen molar-refractivity contribution in [2.24, 2.45) is 5.92 Å². The van der Waals surface area contributed by atoms with Gasteiger partial charge in [-0.25, -0.2) is 0 Å². The SMILES string of the molecule is COC(=O)C1CCCN(C(=O)C2CCC(C)O2)C1. The quantitative estimate of drug-likeness (QED) is 0.690. The summed E-state index contributed by atoms with van der Waals surface area (Å²) in [6.45, 7) is 3.18. The van der Waals surface area contributed by atoms with Crippen molar-refractivity contribution in [1.82, 2.24) is 4.90 Å². The fourth-order valence-electron chi connectivity index (χ4n) is 2.72. The molecule has 2 aliphatic heterocycles. The molecular weight excluding hydrogens is 234 g/mol. The van der Waals surface area contributed by atoms with E-state index in [0.29, 0.717) is 6.54 Å². The van der Waals surface area contributed by atoms with Gasteiger partial charge in [0.15, 0.2) is 0 Å². The van der Waals surface area contributed by atoms with Crippen LogP contribution in [0.15, 0.2) is 0 Å². The first kappa shape index (κ1) is 13.3. The van der Waals surface area contributed by atoms with Gasteiger partial charge in [-0.1, -0.05) is 0 Å². The second-order valence-corrected chi connectivity index (χ2v) is 5.16. The van der Waals surface area contributed by atoms with Gasteiger partial charge in [-0.3, -0.25) is 9.59 Å². The summed E-state index contributed by atoms with van der Waals surface area (Å²) in [5.74, 6) is -0.354. The summed E-state index contributed by atoms with van der Waals surface area (Å²) in [5.41, 5.74) is 0. The number of amides is 1. The lowest BCUT2D eigenvalue weighted by atomic mass is 9.97. The van der Waals surface area contributed by atoms with Crippen LogP contribution in [-0.4, -0.2) is 49.2 Å². The van der Waals surface area contributed by atoms with Crippen LogP contribution >= 0.6 is 0 Å². The summed E-state index contributed by atoms with van der Waals surface area (Å²) >= 11 is 0. The third-order valence-corrected chi connectivity index (χ3v) is 3.77. The van der Waals surface area contributed by atoms with E-state index < -0.39 is 0 Å². The number of ether oxygens (including phenoxy) is 2. The topological polar surface area (TPSA) is 55.8 Å². The van der Waals surface area contributed by atoms with Gasteiger partial charge in [0.2, 0.25) is 0 Å². The van der Waals surface area contributed by atoms with Crippen LogP contribution in [0.3, 0.4) is 0 Å². The van der Waals surface area contributed by atoms with Crippen molar-refractivity contribution in [3.05, 3.63) is 0 Å². The minimum absolute atomic E-state index is 0.0351. The number of carbonyl (C=O) groups excluding carboxylic acids is 2. The van der Waals surface area contributed by atoms with Gasteiger partial charge in [0.05, 0.1) is 19.1 Å². The van der Waals surface area contributed by atoms with Crippen LogP contribution < -0.4 is 0 Å². The number of carbonyl (C=O) groups is 2. The normalized spacial score (nSPS) is 32.3. The van der Waals surface area contributed by atoms with Crippen LogP contribution in [0.4, 0.5) is 0 Å². The molecule has 2 saturated heterocycles. The number of esters is 1. The molecule has 0 N–H and O–H groups in total. The lowest BCUT2D eigenvalue weighted by Gasteiger charge is -2.32. The first-order valence-corrected chi connectivity index (χ1v) is 6.64. The van der Waals surface area contributed by atoms with Gasteiger partial charge in [-0.2, -0.15) is 0 Å². The molecule has 0 spiro atoms. The van der Waals surface area contributed by atoms with Gasteiger partial charge in [-0.05, 0) is 32.6 Å². The zero-order valence-electron chi connectivity index (χ0n) is 11.1. The second kappa shape index (κ2) is 5.69. The molecule has 3 atom stereocenters. The monoisotopic (exact) mass is 255 g/mol.